The molecule has 0 amide bonds. The van der Waals surface area contributed by atoms with E-state index in [1.165, 1.54) is 7.11 Å². The van der Waals surface area contributed by atoms with Crippen LogP contribution in [0.3, 0.4) is 0 Å². The Balaban J connectivity index is 2.42. The van der Waals surface area contributed by atoms with Gasteiger partial charge in [0.2, 0.25) is 0 Å². The van der Waals surface area contributed by atoms with E-state index >= 15 is 0 Å². The summed E-state index contributed by atoms with van der Waals surface area (Å²) in [4.78, 5) is 24.0. The van der Waals surface area contributed by atoms with E-state index in [4.69, 9.17) is 9.47 Å². The Morgan fingerprint density at radius 3 is 2.38 bits per heavy atom. The highest BCUT2D eigenvalue weighted by Crippen LogP contribution is 2.27. The fourth-order valence-corrected chi connectivity index (χ4v) is 1.84. The number of methoxy groups -OCH3 is 1. The van der Waals surface area contributed by atoms with Crippen molar-refractivity contribution in [2.24, 2.45) is 0 Å². The molecule has 2 aromatic rings. The summed E-state index contributed by atoms with van der Waals surface area (Å²) >= 11 is 0. The Labute approximate surface area is 123 Å². The zero-order valence-electron chi connectivity index (χ0n) is 12.0. The SMILES string of the molecule is CCC(=O)Oc1cc(OC)ccc1C(=O)c1ccccc1. The van der Waals surface area contributed by atoms with Crippen LogP contribution in [-0.4, -0.2) is 18.9 Å². The quantitative estimate of drug-likeness (QED) is 0.480. The molecule has 0 spiro atoms. The van der Waals surface area contributed by atoms with E-state index in [-0.39, 0.29) is 18.0 Å². The molecule has 2 rings (SSSR count). The molecule has 0 radical (unpaired) electrons. The number of benzene rings is 2. The molecule has 0 saturated heterocycles. The lowest BCUT2D eigenvalue weighted by molar-refractivity contribution is -0.134. The molecule has 0 aromatic heterocycles. The first kappa shape index (κ1) is 14.8. The molecule has 0 bridgehead atoms. The van der Waals surface area contributed by atoms with Crippen molar-refractivity contribution < 1.29 is 19.1 Å². The predicted molar refractivity (Wildman–Crippen MR) is 78.8 cm³/mol. The second-order valence-corrected chi connectivity index (χ2v) is 4.38. The highest BCUT2D eigenvalue weighted by Gasteiger charge is 2.17. The minimum Gasteiger partial charge on any atom is -0.497 e. The van der Waals surface area contributed by atoms with E-state index < -0.39 is 5.97 Å². The topological polar surface area (TPSA) is 52.6 Å². The normalized spacial score (nSPS) is 10.0. The van der Waals surface area contributed by atoms with Gasteiger partial charge in [-0.3, -0.25) is 9.59 Å². The highest BCUT2D eigenvalue weighted by molar-refractivity contribution is 6.11. The smallest absolute Gasteiger partial charge is 0.310 e. The maximum Gasteiger partial charge on any atom is 0.310 e. The van der Waals surface area contributed by atoms with Gasteiger partial charge >= 0.3 is 5.97 Å². The lowest BCUT2D eigenvalue weighted by atomic mass is 10.0. The van der Waals surface area contributed by atoms with Crippen molar-refractivity contribution in [1.82, 2.24) is 0 Å². The molecule has 4 nitrogen and oxygen atoms in total. The second-order valence-electron chi connectivity index (χ2n) is 4.38. The number of carbonyl (C=O) groups is 2. The molecule has 0 atom stereocenters. The average molecular weight is 284 g/mol. The van der Waals surface area contributed by atoms with Gasteiger partial charge in [-0.2, -0.15) is 0 Å². The van der Waals surface area contributed by atoms with Gasteiger partial charge in [-0.05, 0) is 12.1 Å². The fourth-order valence-electron chi connectivity index (χ4n) is 1.84. The summed E-state index contributed by atoms with van der Waals surface area (Å²) in [5, 5.41) is 0. The average Bonchev–Trinajstić information content (AvgIpc) is 2.54. The third kappa shape index (κ3) is 3.48. The Hall–Kier alpha value is -2.62. The summed E-state index contributed by atoms with van der Waals surface area (Å²) in [6, 6.07) is 13.7. The van der Waals surface area contributed by atoms with Crippen LogP contribution in [0.4, 0.5) is 0 Å². The second kappa shape index (κ2) is 6.70. The number of ether oxygens (including phenoxy) is 2. The van der Waals surface area contributed by atoms with E-state index in [2.05, 4.69) is 0 Å². The Kier molecular flexibility index (Phi) is 4.72. The molecule has 0 aliphatic heterocycles. The molecule has 0 aliphatic carbocycles. The van der Waals surface area contributed by atoms with E-state index in [0.717, 1.165) is 0 Å². The summed E-state index contributed by atoms with van der Waals surface area (Å²) in [5.41, 5.74) is 0.875. The summed E-state index contributed by atoms with van der Waals surface area (Å²) in [6.45, 7) is 1.70. The summed E-state index contributed by atoms with van der Waals surface area (Å²) in [6.07, 6.45) is 0.232. The van der Waals surface area contributed by atoms with Gasteiger partial charge in [0.25, 0.3) is 0 Å². The number of esters is 1. The number of rotatable bonds is 5. The van der Waals surface area contributed by atoms with Crippen LogP contribution < -0.4 is 9.47 Å². The van der Waals surface area contributed by atoms with Gasteiger partial charge in [0.15, 0.2) is 5.78 Å². The van der Waals surface area contributed by atoms with Gasteiger partial charge in [0, 0.05) is 18.1 Å². The Bertz CT molecular complexity index is 647. The van der Waals surface area contributed by atoms with E-state index in [1.54, 1.807) is 49.4 Å². The van der Waals surface area contributed by atoms with Crippen molar-refractivity contribution in [2.75, 3.05) is 7.11 Å². The highest BCUT2D eigenvalue weighted by atomic mass is 16.5. The predicted octanol–water partition coefficient (Wildman–Crippen LogP) is 3.24. The zero-order chi connectivity index (χ0) is 15.2. The Morgan fingerprint density at radius 1 is 1.05 bits per heavy atom. The van der Waals surface area contributed by atoms with Crippen molar-refractivity contribution in [1.29, 1.82) is 0 Å². The summed E-state index contributed by atoms with van der Waals surface area (Å²) < 4.78 is 10.3. The summed E-state index contributed by atoms with van der Waals surface area (Å²) in [5.74, 6) is 0.149. The van der Waals surface area contributed by atoms with Crippen LogP contribution in [0.2, 0.25) is 0 Å². The maximum atomic E-state index is 12.5. The first-order valence-corrected chi connectivity index (χ1v) is 6.64. The van der Waals surface area contributed by atoms with E-state index in [9.17, 15) is 9.59 Å². The number of hydrogen-bond acceptors (Lipinski definition) is 4. The van der Waals surface area contributed by atoms with Crippen molar-refractivity contribution in [3.05, 3.63) is 59.7 Å². The molecule has 0 aliphatic rings. The Morgan fingerprint density at radius 2 is 1.76 bits per heavy atom. The lowest BCUT2D eigenvalue weighted by Gasteiger charge is -2.10. The van der Waals surface area contributed by atoms with Gasteiger partial charge in [0.1, 0.15) is 11.5 Å². The minimum absolute atomic E-state index is 0.197. The van der Waals surface area contributed by atoms with Gasteiger partial charge < -0.3 is 9.47 Å². The molecule has 4 heteroatoms. The van der Waals surface area contributed by atoms with Crippen molar-refractivity contribution in [2.45, 2.75) is 13.3 Å². The van der Waals surface area contributed by atoms with Crippen LogP contribution in [0.25, 0.3) is 0 Å². The van der Waals surface area contributed by atoms with Crippen molar-refractivity contribution in [3.63, 3.8) is 0 Å². The van der Waals surface area contributed by atoms with E-state index in [0.29, 0.717) is 16.9 Å². The van der Waals surface area contributed by atoms with Crippen LogP contribution in [0, 0.1) is 0 Å². The largest absolute Gasteiger partial charge is 0.497 e. The molecule has 108 valence electrons. The maximum absolute atomic E-state index is 12.5. The van der Waals surface area contributed by atoms with Gasteiger partial charge in [-0.1, -0.05) is 37.3 Å². The van der Waals surface area contributed by atoms with Gasteiger partial charge in [-0.15, -0.1) is 0 Å². The molecular formula is C17H16O4. The number of hydrogen-bond donors (Lipinski definition) is 0. The number of carbonyl (C=O) groups excluding carboxylic acids is 2. The third-order valence-electron chi connectivity index (χ3n) is 2.98. The summed E-state index contributed by atoms with van der Waals surface area (Å²) in [7, 11) is 1.51. The van der Waals surface area contributed by atoms with Gasteiger partial charge in [0.05, 0.1) is 12.7 Å². The molecule has 0 saturated carbocycles. The molecule has 0 N–H and O–H groups in total. The van der Waals surface area contributed by atoms with Gasteiger partial charge in [-0.25, -0.2) is 0 Å². The third-order valence-corrected chi connectivity index (χ3v) is 2.98. The van der Waals surface area contributed by atoms with Crippen LogP contribution in [0.5, 0.6) is 11.5 Å². The minimum atomic E-state index is -0.398. The van der Waals surface area contributed by atoms with Crippen LogP contribution >= 0.6 is 0 Å². The van der Waals surface area contributed by atoms with Crippen LogP contribution in [0.15, 0.2) is 48.5 Å². The molecule has 0 heterocycles. The molecule has 2 aromatic carbocycles. The number of ketones is 1. The van der Waals surface area contributed by atoms with Crippen LogP contribution in [-0.2, 0) is 4.79 Å². The molecule has 0 unspecified atom stereocenters. The first-order chi connectivity index (χ1) is 10.2. The van der Waals surface area contributed by atoms with Crippen LogP contribution in [0.1, 0.15) is 29.3 Å². The first-order valence-electron chi connectivity index (χ1n) is 6.64. The van der Waals surface area contributed by atoms with Crippen molar-refractivity contribution in [3.8, 4) is 11.5 Å². The standard InChI is InChI=1S/C17H16O4/c1-3-16(18)21-15-11-13(20-2)9-10-14(15)17(19)12-7-5-4-6-8-12/h4-11H,3H2,1-2H3. The molecule has 21 heavy (non-hydrogen) atoms. The zero-order valence-corrected chi connectivity index (χ0v) is 12.0. The molecule has 0 fully saturated rings. The van der Waals surface area contributed by atoms with E-state index in [1.807, 2.05) is 6.07 Å². The van der Waals surface area contributed by atoms with Crippen molar-refractivity contribution >= 4 is 11.8 Å². The molecular weight excluding hydrogens is 268 g/mol. The monoisotopic (exact) mass is 284 g/mol. The fraction of sp³-hybridized carbons (Fsp3) is 0.176. The lowest BCUT2D eigenvalue weighted by Crippen LogP contribution is -2.10.